The Bertz CT molecular complexity index is 782. The summed E-state index contributed by atoms with van der Waals surface area (Å²) in [5.41, 5.74) is 2.46. The first-order valence-corrected chi connectivity index (χ1v) is 9.86. The molecule has 2 aromatic carbocycles. The molecular weight excluding hydrogens is 348 g/mol. The average molecular weight is 372 g/mol. The molecule has 5 nitrogen and oxygen atoms in total. The predicted molar refractivity (Wildman–Crippen MR) is 105 cm³/mol. The van der Waals surface area contributed by atoms with Crippen LogP contribution in [0.3, 0.4) is 0 Å². The second kappa shape index (κ2) is 7.02. The van der Waals surface area contributed by atoms with Gasteiger partial charge in [0.15, 0.2) is 5.94 Å². The van der Waals surface area contributed by atoms with Gasteiger partial charge in [0.2, 0.25) is 0 Å². The Hall–Kier alpha value is -1.89. The van der Waals surface area contributed by atoms with E-state index in [0.29, 0.717) is 5.94 Å². The summed E-state index contributed by atoms with van der Waals surface area (Å²) in [5, 5.41) is 14.4. The van der Waals surface area contributed by atoms with Gasteiger partial charge in [-0.15, -0.1) is 0 Å². The fraction of sp³-hybridized carbons (Fsp3) is 0.400. The van der Waals surface area contributed by atoms with Gasteiger partial charge in [0.05, 0.1) is 11.7 Å². The molecular formula is C20H24N2O3S. The number of hydrogen-bond acceptors (Lipinski definition) is 6. The van der Waals surface area contributed by atoms with E-state index in [4.69, 9.17) is 9.47 Å². The Labute approximate surface area is 158 Å². The number of anilines is 1. The first-order valence-electron chi connectivity index (χ1n) is 8.87. The lowest BCUT2D eigenvalue weighted by atomic mass is 9.86. The van der Waals surface area contributed by atoms with Crippen LogP contribution in [0.25, 0.3) is 0 Å². The lowest BCUT2D eigenvalue weighted by Crippen LogP contribution is -2.52. The SMILES string of the molecule is CC1(C)Oc2cc3c(cc2C(NCCc2ccccc2)C1O)OCSN3. The van der Waals surface area contributed by atoms with E-state index in [1.54, 1.807) is 0 Å². The number of aliphatic hydroxyl groups is 1. The molecule has 0 saturated carbocycles. The molecule has 0 amide bonds. The maximum Gasteiger partial charge on any atom is 0.153 e. The van der Waals surface area contributed by atoms with Crippen molar-refractivity contribution in [2.24, 2.45) is 0 Å². The van der Waals surface area contributed by atoms with Crippen molar-refractivity contribution in [1.82, 2.24) is 5.32 Å². The molecule has 0 bridgehead atoms. The van der Waals surface area contributed by atoms with Crippen LogP contribution < -0.4 is 19.5 Å². The topological polar surface area (TPSA) is 62.8 Å². The van der Waals surface area contributed by atoms with Crippen LogP contribution in [-0.4, -0.2) is 29.3 Å². The Balaban J connectivity index is 1.58. The van der Waals surface area contributed by atoms with Gasteiger partial charge in [-0.25, -0.2) is 0 Å². The number of nitrogens with one attached hydrogen (secondary N) is 2. The smallest absolute Gasteiger partial charge is 0.153 e. The number of fused-ring (bicyclic) bond motifs is 2. The van der Waals surface area contributed by atoms with Crippen LogP contribution in [0.5, 0.6) is 11.5 Å². The molecule has 138 valence electrons. The minimum atomic E-state index is -0.672. The van der Waals surface area contributed by atoms with E-state index in [9.17, 15) is 5.11 Å². The van der Waals surface area contributed by atoms with Crippen LogP contribution in [0.1, 0.15) is 31.0 Å². The van der Waals surface area contributed by atoms with Gasteiger partial charge < -0.3 is 24.6 Å². The third kappa shape index (κ3) is 3.37. The van der Waals surface area contributed by atoms with E-state index in [1.807, 2.05) is 44.2 Å². The Morgan fingerprint density at radius 2 is 2.04 bits per heavy atom. The highest BCUT2D eigenvalue weighted by atomic mass is 32.2. The van der Waals surface area contributed by atoms with Crippen molar-refractivity contribution in [3.8, 4) is 11.5 Å². The molecule has 4 rings (SSSR count). The fourth-order valence-corrected chi connectivity index (χ4v) is 4.02. The molecule has 6 heteroatoms. The quantitative estimate of drug-likeness (QED) is 0.714. The van der Waals surface area contributed by atoms with Crippen molar-refractivity contribution in [2.45, 2.75) is 38.0 Å². The minimum Gasteiger partial charge on any atom is -0.485 e. The van der Waals surface area contributed by atoms with E-state index in [2.05, 4.69) is 22.2 Å². The highest BCUT2D eigenvalue weighted by Gasteiger charge is 2.43. The minimum absolute atomic E-state index is 0.207. The zero-order valence-corrected chi connectivity index (χ0v) is 15.8. The number of aliphatic hydroxyl groups excluding tert-OH is 1. The van der Waals surface area contributed by atoms with Crippen molar-refractivity contribution in [3.05, 3.63) is 53.6 Å². The zero-order valence-electron chi connectivity index (χ0n) is 15.0. The molecule has 26 heavy (non-hydrogen) atoms. The van der Waals surface area contributed by atoms with Crippen molar-refractivity contribution in [1.29, 1.82) is 0 Å². The maximum absolute atomic E-state index is 10.9. The lowest BCUT2D eigenvalue weighted by molar-refractivity contribution is -0.0644. The molecule has 2 aliphatic heterocycles. The third-order valence-electron chi connectivity index (χ3n) is 4.92. The van der Waals surface area contributed by atoms with Crippen LogP contribution in [0, 0.1) is 0 Å². The Kier molecular flexibility index (Phi) is 4.73. The maximum atomic E-state index is 10.9. The molecule has 0 fully saturated rings. The molecule has 0 saturated heterocycles. The van der Waals surface area contributed by atoms with Gasteiger partial charge in [-0.05, 0) is 50.4 Å². The van der Waals surface area contributed by atoms with Crippen LogP contribution in [-0.2, 0) is 6.42 Å². The molecule has 2 heterocycles. The van der Waals surface area contributed by atoms with Crippen LogP contribution >= 0.6 is 11.9 Å². The number of rotatable bonds is 4. The summed E-state index contributed by atoms with van der Waals surface area (Å²) in [6, 6.07) is 14.1. The molecule has 3 N–H and O–H groups in total. The van der Waals surface area contributed by atoms with Crippen molar-refractivity contribution in [2.75, 3.05) is 17.2 Å². The normalized spacial score (nSPS) is 23.0. The van der Waals surface area contributed by atoms with E-state index >= 15 is 0 Å². The summed E-state index contributed by atoms with van der Waals surface area (Å²) in [5.74, 6) is 2.15. The average Bonchev–Trinajstić information content (AvgIpc) is 2.64. The standard InChI is InChI=1S/C20H24N2O3S/c1-20(2)19(23)18(21-9-8-13-6-4-3-5-7-13)14-10-17-15(11-16(14)25-20)22-26-12-24-17/h3-7,10-11,18-19,21-23H,8-9,12H2,1-2H3. The number of benzene rings is 2. The third-order valence-corrected chi connectivity index (χ3v) is 5.52. The van der Waals surface area contributed by atoms with Gasteiger partial charge in [0.25, 0.3) is 0 Å². The fourth-order valence-electron chi connectivity index (χ4n) is 3.46. The van der Waals surface area contributed by atoms with Gasteiger partial charge in [0, 0.05) is 11.6 Å². The second-order valence-corrected chi connectivity index (χ2v) is 7.94. The first-order chi connectivity index (χ1) is 12.5. The summed E-state index contributed by atoms with van der Waals surface area (Å²) in [6.45, 7) is 4.61. The summed E-state index contributed by atoms with van der Waals surface area (Å²) in [7, 11) is 0. The van der Waals surface area contributed by atoms with E-state index in [1.165, 1.54) is 17.5 Å². The zero-order chi connectivity index (χ0) is 18.1. The van der Waals surface area contributed by atoms with Crippen molar-refractivity contribution < 1.29 is 14.6 Å². The highest BCUT2D eigenvalue weighted by molar-refractivity contribution is 8.00. The van der Waals surface area contributed by atoms with E-state index < -0.39 is 11.7 Å². The second-order valence-electron chi connectivity index (χ2n) is 7.21. The van der Waals surface area contributed by atoms with Gasteiger partial charge >= 0.3 is 0 Å². The highest BCUT2D eigenvalue weighted by Crippen LogP contribution is 2.46. The molecule has 0 spiro atoms. The Morgan fingerprint density at radius 3 is 2.85 bits per heavy atom. The van der Waals surface area contributed by atoms with Gasteiger partial charge in [-0.2, -0.15) is 0 Å². The number of hydrogen-bond donors (Lipinski definition) is 3. The van der Waals surface area contributed by atoms with Crippen LogP contribution in [0.2, 0.25) is 0 Å². The van der Waals surface area contributed by atoms with Crippen LogP contribution in [0.15, 0.2) is 42.5 Å². The summed E-state index contributed by atoms with van der Waals surface area (Å²) >= 11 is 1.51. The first kappa shape index (κ1) is 17.5. The van der Waals surface area contributed by atoms with Gasteiger partial charge in [0.1, 0.15) is 23.2 Å². The molecule has 2 unspecified atom stereocenters. The molecule has 2 aliphatic rings. The lowest BCUT2D eigenvalue weighted by Gasteiger charge is -2.43. The van der Waals surface area contributed by atoms with Crippen molar-refractivity contribution >= 4 is 17.6 Å². The van der Waals surface area contributed by atoms with E-state index in [-0.39, 0.29) is 6.04 Å². The predicted octanol–water partition coefficient (Wildman–Crippen LogP) is 3.50. The Morgan fingerprint density at radius 1 is 1.23 bits per heavy atom. The molecule has 0 radical (unpaired) electrons. The summed E-state index contributed by atoms with van der Waals surface area (Å²) in [6.07, 6.45) is 0.245. The monoisotopic (exact) mass is 372 g/mol. The summed E-state index contributed by atoms with van der Waals surface area (Å²) < 4.78 is 15.1. The largest absolute Gasteiger partial charge is 0.485 e. The molecule has 0 aliphatic carbocycles. The van der Waals surface area contributed by atoms with Crippen molar-refractivity contribution in [3.63, 3.8) is 0 Å². The molecule has 2 atom stereocenters. The van der Waals surface area contributed by atoms with Crippen LogP contribution in [0.4, 0.5) is 5.69 Å². The molecule has 0 aromatic heterocycles. The van der Waals surface area contributed by atoms with Gasteiger partial charge in [-0.1, -0.05) is 30.3 Å². The van der Waals surface area contributed by atoms with E-state index in [0.717, 1.165) is 35.7 Å². The molecule has 2 aromatic rings. The number of ether oxygens (including phenoxy) is 2. The summed E-state index contributed by atoms with van der Waals surface area (Å²) in [4.78, 5) is 0. The van der Waals surface area contributed by atoms with Gasteiger partial charge in [-0.3, -0.25) is 0 Å².